The van der Waals surface area contributed by atoms with E-state index in [1.54, 1.807) is 12.1 Å². The highest BCUT2D eigenvalue weighted by Crippen LogP contribution is 2.26. The number of hydrogen-bond donors (Lipinski definition) is 1. The van der Waals surface area contributed by atoms with E-state index in [9.17, 15) is 19.1 Å². The number of halogens is 1. The van der Waals surface area contributed by atoms with Crippen LogP contribution in [0.4, 0.5) is 4.39 Å². The van der Waals surface area contributed by atoms with Gasteiger partial charge in [0, 0.05) is 5.56 Å². The number of benzene rings is 2. The van der Waals surface area contributed by atoms with Crippen LogP contribution in [0.3, 0.4) is 0 Å². The van der Waals surface area contributed by atoms with Gasteiger partial charge in [-0.1, -0.05) is 12.1 Å². The third-order valence-electron chi connectivity index (χ3n) is 3.17. The zero-order valence-corrected chi connectivity index (χ0v) is 12.5. The van der Waals surface area contributed by atoms with Gasteiger partial charge in [0.2, 0.25) is 0 Å². The molecule has 0 heterocycles. The van der Waals surface area contributed by atoms with Crippen molar-refractivity contribution in [3.8, 4) is 11.5 Å². The molecule has 5 heteroatoms. The molecule has 0 saturated heterocycles. The molecule has 0 aliphatic carbocycles. The molecule has 1 N–H and O–H groups in total. The van der Waals surface area contributed by atoms with E-state index in [2.05, 4.69) is 0 Å². The number of allylic oxidation sites excluding steroid dienone is 1. The van der Waals surface area contributed by atoms with Crippen LogP contribution in [-0.2, 0) is 4.79 Å². The van der Waals surface area contributed by atoms with Gasteiger partial charge in [0.05, 0.1) is 13.5 Å². The minimum absolute atomic E-state index is 0.00228. The SMILES string of the molecule is COc1cc(/C=C/C(=O)CC(=O)c2ccc(F)cc2)ccc1O. The maximum Gasteiger partial charge on any atom is 0.170 e. The molecule has 0 radical (unpaired) electrons. The Morgan fingerprint density at radius 2 is 1.87 bits per heavy atom. The summed E-state index contributed by atoms with van der Waals surface area (Å²) in [6.07, 6.45) is 2.52. The van der Waals surface area contributed by atoms with Crippen LogP contribution in [0.15, 0.2) is 48.5 Å². The molecule has 0 aromatic heterocycles. The molecular weight excluding hydrogens is 299 g/mol. The number of rotatable bonds is 6. The van der Waals surface area contributed by atoms with E-state index in [0.717, 1.165) is 0 Å². The number of carbonyl (C=O) groups excluding carboxylic acids is 2. The lowest BCUT2D eigenvalue weighted by molar-refractivity contribution is -0.113. The topological polar surface area (TPSA) is 63.6 Å². The van der Waals surface area contributed by atoms with E-state index in [1.165, 1.54) is 49.6 Å². The summed E-state index contributed by atoms with van der Waals surface area (Å²) >= 11 is 0. The molecule has 0 spiro atoms. The van der Waals surface area contributed by atoms with Crippen LogP contribution in [-0.4, -0.2) is 23.8 Å². The number of hydrogen-bond acceptors (Lipinski definition) is 4. The first-order valence-electron chi connectivity index (χ1n) is 6.86. The molecule has 0 amide bonds. The maximum atomic E-state index is 12.8. The number of phenols is 1. The first-order chi connectivity index (χ1) is 11.0. The Morgan fingerprint density at radius 3 is 2.52 bits per heavy atom. The predicted molar refractivity (Wildman–Crippen MR) is 84.0 cm³/mol. The van der Waals surface area contributed by atoms with Gasteiger partial charge in [-0.05, 0) is 48.0 Å². The summed E-state index contributed by atoms with van der Waals surface area (Å²) in [4.78, 5) is 23.7. The maximum absolute atomic E-state index is 12.8. The normalized spacial score (nSPS) is 10.7. The highest BCUT2D eigenvalue weighted by Gasteiger charge is 2.10. The van der Waals surface area contributed by atoms with Crippen LogP contribution >= 0.6 is 0 Å². The van der Waals surface area contributed by atoms with Crippen molar-refractivity contribution in [1.29, 1.82) is 0 Å². The van der Waals surface area contributed by atoms with Crippen LogP contribution in [0.25, 0.3) is 6.08 Å². The highest BCUT2D eigenvalue weighted by molar-refractivity contribution is 6.12. The minimum Gasteiger partial charge on any atom is -0.504 e. The molecular formula is C18H15FO4. The van der Waals surface area contributed by atoms with Crippen LogP contribution in [0.1, 0.15) is 22.3 Å². The fourth-order valence-electron chi connectivity index (χ4n) is 1.94. The van der Waals surface area contributed by atoms with Crippen LogP contribution in [0, 0.1) is 5.82 Å². The van der Waals surface area contributed by atoms with Crippen LogP contribution in [0.2, 0.25) is 0 Å². The molecule has 0 bridgehead atoms. The van der Waals surface area contributed by atoms with Crippen molar-refractivity contribution in [2.24, 2.45) is 0 Å². The molecule has 0 fully saturated rings. The lowest BCUT2D eigenvalue weighted by Gasteiger charge is -2.03. The number of ketones is 2. The van der Waals surface area contributed by atoms with Gasteiger partial charge in [-0.15, -0.1) is 0 Å². The summed E-state index contributed by atoms with van der Waals surface area (Å²) in [5.74, 6) is -0.882. The Labute approximate surface area is 132 Å². The number of methoxy groups -OCH3 is 1. The monoisotopic (exact) mass is 314 g/mol. The molecule has 0 saturated carbocycles. The van der Waals surface area contributed by atoms with E-state index in [1.807, 2.05) is 0 Å². The quantitative estimate of drug-likeness (QED) is 0.504. The smallest absolute Gasteiger partial charge is 0.170 e. The Kier molecular flexibility index (Phi) is 5.25. The fourth-order valence-corrected chi connectivity index (χ4v) is 1.94. The summed E-state index contributed by atoms with van der Waals surface area (Å²) < 4.78 is 17.8. The van der Waals surface area contributed by atoms with Gasteiger partial charge < -0.3 is 9.84 Å². The Hall–Kier alpha value is -2.95. The molecule has 2 rings (SSSR count). The second kappa shape index (κ2) is 7.35. The third kappa shape index (κ3) is 4.51. The third-order valence-corrected chi connectivity index (χ3v) is 3.17. The van der Waals surface area contributed by atoms with Gasteiger partial charge in [-0.2, -0.15) is 0 Å². The summed E-state index contributed by atoms with van der Waals surface area (Å²) in [5, 5.41) is 9.49. The molecule has 0 atom stereocenters. The van der Waals surface area contributed by atoms with E-state index >= 15 is 0 Å². The van der Waals surface area contributed by atoms with E-state index in [-0.39, 0.29) is 23.7 Å². The molecule has 23 heavy (non-hydrogen) atoms. The first-order valence-corrected chi connectivity index (χ1v) is 6.86. The standard InChI is InChI=1S/C18H15FO4/c1-23-18-10-12(3-9-16(18)21)2-8-15(20)11-17(22)13-4-6-14(19)7-5-13/h2-10,21H,11H2,1H3/b8-2+. The van der Waals surface area contributed by atoms with Crippen molar-refractivity contribution in [2.45, 2.75) is 6.42 Å². The molecule has 118 valence electrons. The molecule has 4 nitrogen and oxygen atoms in total. The molecule has 0 aliphatic rings. The first kappa shape index (κ1) is 16.4. The molecule has 2 aromatic rings. The summed E-state index contributed by atoms with van der Waals surface area (Å²) in [6, 6.07) is 9.68. The second-order valence-electron chi connectivity index (χ2n) is 4.84. The Bertz CT molecular complexity index is 748. The summed E-state index contributed by atoms with van der Waals surface area (Å²) in [6.45, 7) is 0. The molecule has 2 aromatic carbocycles. The predicted octanol–water partition coefficient (Wildman–Crippen LogP) is 3.40. The zero-order valence-electron chi connectivity index (χ0n) is 12.5. The zero-order chi connectivity index (χ0) is 16.8. The summed E-state index contributed by atoms with van der Waals surface area (Å²) in [7, 11) is 1.43. The Morgan fingerprint density at radius 1 is 1.17 bits per heavy atom. The average Bonchev–Trinajstić information content (AvgIpc) is 2.54. The second-order valence-corrected chi connectivity index (χ2v) is 4.84. The van der Waals surface area contributed by atoms with Crippen molar-refractivity contribution < 1.29 is 23.8 Å². The summed E-state index contributed by atoms with van der Waals surface area (Å²) in [5.41, 5.74) is 0.946. The van der Waals surface area contributed by atoms with Gasteiger partial charge in [-0.3, -0.25) is 9.59 Å². The molecule has 0 aliphatic heterocycles. The molecule has 0 unspecified atom stereocenters. The van der Waals surface area contributed by atoms with Crippen LogP contribution in [0.5, 0.6) is 11.5 Å². The Balaban J connectivity index is 2.01. The van der Waals surface area contributed by atoms with E-state index < -0.39 is 5.82 Å². The van der Waals surface area contributed by atoms with Gasteiger partial charge in [0.25, 0.3) is 0 Å². The lowest BCUT2D eigenvalue weighted by atomic mass is 10.1. The highest BCUT2D eigenvalue weighted by atomic mass is 19.1. The number of ether oxygens (including phenoxy) is 1. The average molecular weight is 314 g/mol. The van der Waals surface area contributed by atoms with Crippen molar-refractivity contribution in [2.75, 3.05) is 7.11 Å². The van der Waals surface area contributed by atoms with Crippen molar-refractivity contribution >= 4 is 17.6 Å². The van der Waals surface area contributed by atoms with Crippen molar-refractivity contribution in [3.63, 3.8) is 0 Å². The minimum atomic E-state index is -0.436. The lowest BCUT2D eigenvalue weighted by Crippen LogP contribution is -2.05. The van der Waals surface area contributed by atoms with E-state index in [4.69, 9.17) is 4.74 Å². The largest absolute Gasteiger partial charge is 0.504 e. The van der Waals surface area contributed by atoms with Crippen molar-refractivity contribution in [3.05, 3.63) is 65.5 Å². The van der Waals surface area contributed by atoms with Crippen LogP contribution < -0.4 is 4.74 Å². The van der Waals surface area contributed by atoms with E-state index in [0.29, 0.717) is 16.9 Å². The number of Topliss-reactive ketones (excluding diaryl/α,β-unsaturated/α-hetero) is 1. The van der Waals surface area contributed by atoms with Gasteiger partial charge >= 0.3 is 0 Å². The number of phenolic OH excluding ortho intramolecular Hbond substituents is 1. The van der Waals surface area contributed by atoms with Gasteiger partial charge in [0.1, 0.15) is 5.82 Å². The number of carbonyl (C=O) groups is 2. The fraction of sp³-hybridized carbons (Fsp3) is 0.111. The van der Waals surface area contributed by atoms with Gasteiger partial charge in [0.15, 0.2) is 23.1 Å². The van der Waals surface area contributed by atoms with Crippen molar-refractivity contribution in [1.82, 2.24) is 0 Å². The van der Waals surface area contributed by atoms with Gasteiger partial charge in [-0.25, -0.2) is 4.39 Å². The number of aromatic hydroxyl groups is 1.